The fourth-order valence-corrected chi connectivity index (χ4v) is 1.79. The van der Waals surface area contributed by atoms with Gasteiger partial charge < -0.3 is 10.5 Å². The van der Waals surface area contributed by atoms with Gasteiger partial charge in [-0.05, 0) is 24.6 Å². The van der Waals surface area contributed by atoms with Crippen LogP contribution in [0.1, 0.15) is 24.1 Å². The van der Waals surface area contributed by atoms with Gasteiger partial charge in [0.15, 0.2) is 0 Å². The van der Waals surface area contributed by atoms with Crippen molar-refractivity contribution in [2.75, 3.05) is 13.2 Å². The Hall–Kier alpha value is -0.590. The monoisotopic (exact) mass is 311 g/mol. The standard InChI is InChI=1S/C11H13BrF3NO/c1-2-17-6-10(16)8-4-3-7(12)5-9(8)11(13,14)15/h3-5,10H,2,6,16H2,1H3. The molecule has 96 valence electrons. The summed E-state index contributed by atoms with van der Waals surface area (Å²) in [5, 5.41) is 0. The molecule has 17 heavy (non-hydrogen) atoms. The molecular formula is C11H13BrF3NO. The Morgan fingerprint density at radius 1 is 1.41 bits per heavy atom. The second kappa shape index (κ2) is 5.84. The van der Waals surface area contributed by atoms with E-state index >= 15 is 0 Å². The van der Waals surface area contributed by atoms with Gasteiger partial charge in [0.25, 0.3) is 0 Å². The zero-order chi connectivity index (χ0) is 13.1. The number of rotatable bonds is 4. The molecule has 1 aromatic carbocycles. The van der Waals surface area contributed by atoms with Gasteiger partial charge in [0.2, 0.25) is 0 Å². The van der Waals surface area contributed by atoms with E-state index in [1.165, 1.54) is 12.1 Å². The number of benzene rings is 1. The number of hydrogen-bond acceptors (Lipinski definition) is 2. The van der Waals surface area contributed by atoms with E-state index in [-0.39, 0.29) is 12.2 Å². The van der Waals surface area contributed by atoms with Crippen LogP contribution >= 0.6 is 15.9 Å². The lowest BCUT2D eigenvalue weighted by Crippen LogP contribution is -2.21. The molecule has 0 saturated carbocycles. The van der Waals surface area contributed by atoms with E-state index < -0.39 is 17.8 Å². The third kappa shape index (κ3) is 3.97. The number of nitrogens with two attached hydrogens (primary N) is 1. The summed E-state index contributed by atoms with van der Waals surface area (Å²) in [7, 11) is 0. The zero-order valence-corrected chi connectivity index (χ0v) is 10.8. The summed E-state index contributed by atoms with van der Waals surface area (Å²) in [5.41, 5.74) is 5.02. The summed E-state index contributed by atoms with van der Waals surface area (Å²) in [5.74, 6) is 0. The van der Waals surface area contributed by atoms with Crippen LogP contribution in [0.25, 0.3) is 0 Å². The fraction of sp³-hybridized carbons (Fsp3) is 0.455. The lowest BCUT2D eigenvalue weighted by atomic mass is 10.0. The van der Waals surface area contributed by atoms with Crippen molar-refractivity contribution in [2.45, 2.75) is 19.1 Å². The van der Waals surface area contributed by atoms with Crippen LogP contribution in [0, 0.1) is 0 Å². The Kier molecular flexibility index (Phi) is 4.97. The minimum absolute atomic E-state index is 0.0501. The quantitative estimate of drug-likeness (QED) is 0.923. The van der Waals surface area contributed by atoms with Crippen molar-refractivity contribution in [2.24, 2.45) is 5.73 Å². The number of ether oxygens (including phenoxy) is 1. The molecule has 0 saturated heterocycles. The van der Waals surface area contributed by atoms with Gasteiger partial charge in [-0.15, -0.1) is 0 Å². The SMILES string of the molecule is CCOCC(N)c1ccc(Br)cc1C(F)(F)F. The van der Waals surface area contributed by atoms with Gasteiger partial charge >= 0.3 is 6.18 Å². The maximum Gasteiger partial charge on any atom is 0.416 e. The van der Waals surface area contributed by atoms with Crippen LogP contribution in [-0.4, -0.2) is 13.2 Å². The van der Waals surface area contributed by atoms with Gasteiger partial charge in [-0.25, -0.2) is 0 Å². The van der Waals surface area contributed by atoms with E-state index in [9.17, 15) is 13.2 Å². The van der Waals surface area contributed by atoms with Crippen LogP contribution in [0.15, 0.2) is 22.7 Å². The highest BCUT2D eigenvalue weighted by molar-refractivity contribution is 9.10. The molecular weight excluding hydrogens is 299 g/mol. The fourth-order valence-electron chi connectivity index (χ4n) is 1.43. The Balaban J connectivity index is 3.06. The maximum absolute atomic E-state index is 12.8. The average Bonchev–Trinajstić information content (AvgIpc) is 2.24. The molecule has 1 rings (SSSR count). The molecule has 0 spiro atoms. The molecule has 0 heterocycles. The normalized spacial score (nSPS) is 13.8. The van der Waals surface area contributed by atoms with Crippen LogP contribution < -0.4 is 5.73 Å². The summed E-state index contributed by atoms with van der Waals surface area (Å²) < 4.78 is 43.8. The first-order valence-corrected chi connectivity index (χ1v) is 5.85. The number of halogens is 4. The smallest absolute Gasteiger partial charge is 0.380 e. The van der Waals surface area contributed by atoms with E-state index in [0.29, 0.717) is 11.1 Å². The first kappa shape index (κ1) is 14.5. The van der Waals surface area contributed by atoms with Crippen LogP contribution in [0.5, 0.6) is 0 Å². The van der Waals surface area contributed by atoms with E-state index in [1.54, 1.807) is 6.92 Å². The molecule has 2 N–H and O–H groups in total. The molecule has 0 aliphatic heterocycles. The Bertz CT molecular complexity index is 381. The third-order valence-corrected chi connectivity index (χ3v) is 2.71. The minimum atomic E-state index is -4.41. The van der Waals surface area contributed by atoms with Crippen molar-refractivity contribution in [1.29, 1.82) is 0 Å². The summed E-state index contributed by atoms with van der Waals surface area (Å²) >= 11 is 3.02. The predicted octanol–water partition coefficient (Wildman–Crippen LogP) is 3.50. The van der Waals surface area contributed by atoms with Gasteiger partial charge in [0, 0.05) is 11.1 Å². The summed E-state index contributed by atoms with van der Waals surface area (Å²) in [6, 6.07) is 3.16. The van der Waals surface area contributed by atoms with Crippen LogP contribution in [0.2, 0.25) is 0 Å². The Labute approximate surface area is 106 Å². The van der Waals surface area contributed by atoms with Crippen LogP contribution in [-0.2, 0) is 10.9 Å². The van der Waals surface area contributed by atoms with Crippen molar-refractivity contribution >= 4 is 15.9 Å². The molecule has 1 unspecified atom stereocenters. The molecule has 0 bridgehead atoms. The van der Waals surface area contributed by atoms with Crippen LogP contribution in [0.4, 0.5) is 13.2 Å². The molecule has 0 aliphatic carbocycles. The van der Waals surface area contributed by atoms with Crippen molar-refractivity contribution in [3.63, 3.8) is 0 Å². The third-order valence-electron chi connectivity index (χ3n) is 2.22. The Morgan fingerprint density at radius 2 is 2.06 bits per heavy atom. The lowest BCUT2D eigenvalue weighted by molar-refractivity contribution is -0.138. The molecule has 2 nitrogen and oxygen atoms in total. The highest BCUT2D eigenvalue weighted by Crippen LogP contribution is 2.35. The maximum atomic E-state index is 12.8. The highest BCUT2D eigenvalue weighted by Gasteiger charge is 2.34. The van der Waals surface area contributed by atoms with Crippen molar-refractivity contribution in [3.8, 4) is 0 Å². The van der Waals surface area contributed by atoms with Gasteiger partial charge in [-0.2, -0.15) is 13.2 Å². The average molecular weight is 312 g/mol. The summed E-state index contributed by atoms with van der Waals surface area (Å²) in [4.78, 5) is 0. The minimum Gasteiger partial charge on any atom is -0.380 e. The van der Waals surface area contributed by atoms with Crippen molar-refractivity contribution in [1.82, 2.24) is 0 Å². The van der Waals surface area contributed by atoms with Gasteiger partial charge in [-0.3, -0.25) is 0 Å². The molecule has 6 heteroatoms. The second-order valence-electron chi connectivity index (χ2n) is 3.50. The second-order valence-corrected chi connectivity index (χ2v) is 4.41. The predicted molar refractivity (Wildman–Crippen MR) is 62.6 cm³/mol. The van der Waals surface area contributed by atoms with Crippen molar-refractivity contribution in [3.05, 3.63) is 33.8 Å². The molecule has 1 aromatic rings. The summed E-state index contributed by atoms with van der Waals surface area (Å²) in [6.45, 7) is 2.26. The molecule has 0 radical (unpaired) electrons. The van der Waals surface area contributed by atoms with E-state index in [4.69, 9.17) is 10.5 Å². The largest absolute Gasteiger partial charge is 0.416 e. The zero-order valence-electron chi connectivity index (χ0n) is 9.22. The van der Waals surface area contributed by atoms with Gasteiger partial charge in [0.05, 0.1) is 18.2 Å². The molecule has 0 fully saturated rings. The van der Waals surface area contributed by atoms with E-state index in [0.717, 1.165) is 6.07 Å². The van der Waals surface area contributed by atoms with E-state index in [1.807, 2.05) is 0 Å². The first-order valence-electron chi connectivity index (χ1n) is 5.06. The number of hydrogen-bond donors (Lipinski definition) is 1. The molecule has 0 amide bonds. The topological polar surface area (TPSA) is 35.2 Å². The molecule has 0 aliphatic rings. The van der Waals surface area contributed by atoms with Crippen molar-refractivity contribution < 1.29 is 17.9 Å². The lowest BCUT2D eigenvalue weighted by Gasteiger charge is -2.18. The molecule has 0 aromatic heterocycles. The van der Waals surface area contributed by atoms with Gasteiger partial charge in [0.1, 0.15) is 0 Å². The number of alkyl halides is 3. The molecule has 1 atom stereocenters. The van der Waals surface area contributed by atoms with Crippen LogP contribution in [0.3, 0.4) is 0 Å². The van der Waals surface area contributed by atoms with E-state index in [2.05, 4.69) is 15.9 Å². The highest BCUT2D eigenvalue weighted by atomic mass is 79.9. The summed E-state index contributed by atoms with van der Waals surface area (Å²) in [6.07, 6.45) is -4.41. The van der Waals surface area contributed by atoms with Gasteiger partial charge in [-0.1, -0.05) is 22.0 Å². The first-order chi connectivity index (χ1) is 7.86. The Morgan fingerprint density at radius 3 is 2.59 bits per heavy atom.